The van der Waals surface area contributed by atoms with Crippen molar-refractivity contribution in [3.8, 4) is 5.75 Å². The number of likely N-dealkylation sites (tertiary alicyclic amines) is 1. The Morgan fingerprint density at radius 1 is 1.35 bits per heavy atom. The number of fused-ring (bicyclic) bond motifs is 1. The van der Waals surface area contributed by atoms with Crippen molar-refractivity contribution in [3.63, 3.8) is 0 Å². The molecular formula is C14H16N2O4. The van der Waals surface area contributed by atoms with Crippen LogP contribution < -0.4 is 10.1 Å². The first-order valence-electron chi connectivity index (χ1n) is 6.62. The second kappa shape index (κ2) is 5.03. The lowest BCUT2D eigenvalue weighted by molar-refractivity contribution is -0.139. The first-order chi connectivity index (χ1) is 9.63. The topological polar surface area (TPSA) is 78.9 Å². The number of hydrogen-bond donors (Lipinski definition) is 2. The van der Waals surface area contributed by atoms with Crippen molar-refractivity contribution >= 4 is 12.0 Å². The van der Waals surface area contributed by atoms with Gasteiger partial charge in [0.1, 0.15) is 12.4 Å². The summed E-state index contributed by atoms with van der Waals surface area (Å²) in [5.74, 6) is 0.0729. The largest absolute Gasteiger partial charge is 0.491 e. The van der Waals surface area contributed by atoms with Crippen molar-refractivity contribution in [2.45, 2.75) is 12.5 Å². The van der Waals surface area contributed by atoms with Crippen LogP contribution >= 0.6 is 0 Å². The van der Waals surface area contributed by atoms with Gasteiger partial charge in [0, 0.05) is 24.6 Å². The molecular weight excluding hydrogens is 260 g/mol. The van der Waals surface area contributed by atoms with E-state index < -0.39 is 5.97 Å². The third-order valence-electron chi connectivity index (χ3n) is 3.71. The molecule has 1 saturated heterocycles. The van der Waals surface area contributed by atoms with Gasteiger partial charge in [0.25, 0.3) is 0 Å². The van der Waals surface area contributed by atoms with Crippen LogP contribution in [0, 0.1) is 5.92 Å². The lowest BCUT2D eigenvalue weighted by atomic mass is 9.97. The lowest BCUT2D eigenvalue weighted by Gasteiger charge is -2.38. The molecule has 1 atom stereocenters. The number of rotatable bonds is 3. The molecule has 0 bridgehead atoms. The zero-order valence-corrected chi connectivity index (χ0v) is 10.9. The standard InChI is InChI=1S/C14H16N2O4/c17-13(18)5-9-6-16(7-9)14(19)15-11-8-20-12-4-2-1-3-10(11)12/h1-4,9,11H,5-8H2,(H,15,19)(H,17,18). The molecule has 6 nitrogen and oxygen atoms in total. The SMILES string of the molecule is O=C(O)CC1CN(C(=O)NC2COc3ccccc32)C1. The van der Waals surface area contributed by atoms with E-state index in [1.54, 1.807) is 4.90 Å². The summed E-state index contributed by atoms with van der Waals surface area (Å²) in [6.07, 6.45) is 0.124. The highest BCUT2D eigenvalue weighted by Crippen LogP contribution is 2.32. The van der Waals surface area contributed by atoms with Gasteiger partial charge in [-0.15, -0.1) is 0 Å². The summed E-state index contributed by atoms with van der Waals surface area (Å²) in [6, 6.07) is 7.35. The maximum absolute atomic E-state index is 12.0. The maximum Gasteiger partial charge on any atom is 0.318 e. The quantitative estimate of drug-likeness (QED) is 0.870. The van der Waals surface area contributed by atoms with Gasteiger partial charge in [0.2, 0.25) is 0 Å². The van der Waals surface area contributed by atoms with Crippen molar-refractivity contribution in [3.05, 3.63) is 29.8 Å². The summed E-state index contributed by atoms with van der Waals surface area (Å²) < 4.78 is 5.51. The van der Waals surface area contributed by atoms with Crippen LogP contribution in [0.3, 0.4) is 0 Å². The molecule has 1 aromatic carbocycles. The molecule has 0 saturated carbocycles. The van der Waals surface area contributed by atoms with Crippen LogP contribution in [-0.2, 0) is 4.79 Å². The Morgan fingerprint density at radius 2 is 2.10 bits per heavy atom. The molecule has 2 aliphatic heterocycles. The van der Waals surface area contributed by atoms with E-state index in [-0.39, 0.29) is 24.4 Å². The average molecular weight is 276 g/mol. The van der Waals surface area contributed by atoms with E-state index >= 15 is 0 Å². The number of aliphatic carboxylic acids is 1. The van der Waals surface area contributed by atoms with E-state index in [4.69, 9.17) is 9.84 Å². The van der Waals surface area contributed by atoms with Crippen molar-refractivity contribution in [2.75, 3.05) is 19.7 Å². The number of carboxylic acid groups (broad SMARTS) is 1. The lowest BCUT2D eigenvalue weighted by Crippen LogP contribution is -2.54. The predicted molar refractivity (Wildman–Crippen MR) is 70.5 cm³/mol. The first kappa shape index (κ1) is 12.8. The highest BCUT2D eigenvalue weighted by Gasteiger charge is 2.34. The summed E-state index contributed by atoms with van der Waals surface area (Å²) >= 11 is 0. The van der Waals surface area contributed by atoms with Gasteiger partial charge >= 0.3 is 12.0 Å². The van der Waals surface area contributed by atoms with Crippen LogP contribution in [0.1, 0.15) is 18.0 Å². The maximum atomic E-state index is 12.0. The minimum absolute atomic E-state index is 0.0744. The summed E-state index contributed by atoms with van der Waals surface area (Å²) in [5.41, 5.74) is 0.989. The van der Waals surface area contributed by atoms with Gasteiger partial charge in [-0.25, -0.2) is 4.79 Å². The van der Waals surface area contributed by atoms with Crippen LogP contribution in [0.5, 0.6) is 5.75 Å². The minimum Gasteiger partial charge on any atom is -0.491 e. The second-order valence-electron chi connectivity index (χ2n) is 5.22. The molecule has 2 amide bonds. The van der Waals surface area contributed by atoms with E-state index in [0.29, 0.717) is 19.7 Å². The molecule has 106 valence electrons. The summed E-state index contributed by atoms with van der Waals surface area (Å²) in [6.45, 7) is 1.46. The van der Waals surface area contributed by atoms with Crippen molar-refractivity contribution in [1.29, 1.82) is 0 Å². The smallest absolute Gasteiger partial charge is 0.318 e. The third kappa shape index (κ3) is 2.41. The van der Waals surface area contributed by atoms with Gasteiger partial charge in [0.05, 0.1) is 12.5 Å². The number of ether oxygens (including phenoxy) is 1. The number of nitrogens with one attached hydrogen (secondary N) is 1. The third-order valence-corrected chi connectivity index (χ3v) is 3.71. The van der Waals surface area contributed by atoms with Gasteiger partial charge in [-0.05, 0) is 6.07 Å². The van der Waals surface area contributed by atoms with E-state index in [9.17, 15) is 9.59 Å². The zero-order chi connectivity index (χ0) is 14.1. The summed E-state index contributed by atoms with van der Waals surface area (Å²) in [4.78, 5) is 24.2. The molecule has 0 aromatic heterocycles. The van der Waals surface area contributed by atoms with Crippen LogP contribution in [0.4, 0.5) is 4.79 Å². The summed E-state index contributed by atoms with van der Waals surface area (Å²) in [7, 11) is 0. The molecule has 2 heterocycles. The molecule has 2 N–H and O–H groups in total. The van der Waals surface area contributed by atoms with Crippen LogP contribution in [0.15, 0.2) is 24.3 Å². The zero-order valence-electron chi connectivity index (χ0n) is 10.9. The first-order valence-corrected chi connectivity index (χ1v) is 6.62. The molecule has 0 spiro atoms. The van der Waals surface area contributed by atoms with Crippen LogP contribution in [0.2, 0.25) is 0 Å². The van der Waals surface area contributed by atoms with Crippen molar-refractivity contribution < 1.29 is 19.4 Å². The number of carboxylic acids is 1. The number of carbonyl (C=O) groups is 2. The Bertz CT molecular complexity index is 540. The minimum atomic E-state index is -0.812. The van der Waals surface area contributed by atoms with Crippen molar-refractivity contribution in [2.24, 2.45) is 5.92 Å². The number of para-hydroxylation sites is 1. The predicted octanol–water partition coefficient (Wildman–Crippen LogP) is 1.24. The van der Waals surface area contributed by atoms with Gasteiger partial charge in [0.15, 0.2) is 0 Å². The number of benzene rings is 1. The molecule has 1 unspecified atom stereocenters. The Labute approximate surface area is 116 Å². The number of hydrogen-bond acceptors (Lipinski definition) is 3. The van der Waals surface area contributed by atoms with E-state index in [2.05, 4.69) is 5.32 Å². The van der Waals surface area contributed by atoms with Gasteiger partial charge < -0.3 is 20.1 Å². The Balaban J connectivity index is 1.53. The molecule has 3 rings (SSSR count). The molecule has 0 aliphatic carbocycles. The van der Waals surface area contributed by atoms with E-state index in [1.165, 1.54) is 0 Å². The fourth-order valence-corrected chi connectivity index (χ4v) is 2.63. The molecule has 20 heavy (non-hydrogen) atoms. The highest BCUT2D eigenvalue weighted by atomic mass is 16.5. The average Bonchev–Trinajstić information content (AvgIpc) is 2.76. The van der Waals surface area contributed by atoms with Crippen LogP contribution in [-0.4, -0.2) is 41.7 Å². The fraction of sp³-hybridized carbons (Fsp3) is 0.429. The molecule has 2 aliphatic rings. The second-order valence-corrected chi connectivity index (χ2v) is 5.22. The van der Waals surface area contributed by atoms with Gasteiger partial charge in [-0.2, -0.15) is 0 Å². The molecule has 6 heteroatoms. The van der Waals surface area contributed by atoms with Crippen LogP contribution in [0.25, 0.3) is 0 Å². The summed E-state index contributed by atoms with van der Waals surface area (Å²) in [5, 5.41) is 11.6. The molecule has 0 radical (unpaired) electrons. The molecule has 1 aromatic rings. The number of carbonyl (C=O) groups excluding carboxylic acids is 1. The normalized spacial score (nSPS) is 20.8. The number of amides is 2. The monoisotopic (exact) mass is 276 g/mol. The number of nitrogens with zero attached hydrogens (tertiary/aromatic N) is 1. The van der Waals surface area contributed by atoms with Gasteiger partial charge in [-0.1, -0.05) is 18.2 Å². The number of urea groups is 1. The Hall–Kier alpha value is -2.24. The Kier molecular flexibility index (Phi) is 3.22. The molecule has 1 fully saturated rings. The van der Waals surface area contributed by atoms with Crippen molar-refractivity contribution in [1.82, 2.24) is 10.2 Å². The Morgan fingerprint density at radius 3 is 2.85 bits per heavy atom. The fourth-order valence-electron chi connectivity index (χ4n) is 2.63. The van der Waals surface area contributed by atoms with Gasteiger partial charge in [-0.3, -0.25) is 4.79 Å². The highest BCUT2D eigenvalue weighted by molar-refractivity contribution is 5.76. The van der Waals surface area contributed by atoms with E-state index in [1.807, 2.05) is 24.3 Å². The van der Waals surface area contributed by atoms with E-state index in [0.717, 1.165) is 11.3 Å².